The fourth-order valence-corrected chi connectivity index (χ4v) is 3.99. The molecule has 32 heavy (non-hydrogen) atoms. The van der Waals surface area contributed by atoms with Gasteiger partial charge in [0.25, 0.3) is 0 Å². The van der Waals surface area contributed by atoms with Crippen molar-refractivity contribution in [3.8, 4) is 0 Å². The molecule has 1 aromatic carbocycles. The number of nitrogens with two attached hydrogens (primary N) is 1. The second-order valence-electron chi connectivity index (χ2n) is 8.33. The first-order chi connectivity index (χ1) is 15.1. The number of carbonyl (C=O) groups excluding carboxylic acids is 3. The number of likely N-dealkylation sites (tertiary alicyclic amines) is 1. The zero-order valence-electron chi connectivity index (χ0n) is 18.4. The Morgan fingerprint density at radius 2 is 1.84 bits per heavy atom. The first kappa shape index (κ1) is 25.8. The summed E-state index contributed by atoms with van der Waals surface area (Å²) in [5, 5.41) is 34.2. The molecule has 0 spiro atoms. The second-order valence-corrected chi connectivity index (χ2v) is 8.33. The van der Waals surface area contributed by atoms with E-state index in [-0.39, 0.29) is 24.7 Å². The Bertz CT molecular complexity index is 773. The molecule has 1 aromatic rings. The molecule has 7 N–H and O–H groups in total. The van der Waals surface area contributed by atoms with Crippen LogP contribution in [0.15, 0.2) is 30.3 Å². The number of nitrogens with one attached hydrogen (secondary N) is 2. The molecular formula is C21H34BN4O6-. The number of nitrogens with zero attached hydrogens (tertiary/aromatic N) is 1. The van der Waals surface area contributed by atoms with Gasteiger partial charge >= 0.3 is 6.75 Å². The fourth-order valence-electron chi connectivity index (χ4n) is 3.99. The average Bonchev–Trinajstić information content (AvgIpc) is 3.22. The zero-order chi connectivity index (χ0) is 23.7. The summed E-state index contributed by atoms with van der Waals surface area (Å²) in [6, 6.07) is 7.59. The largest absolute Gasteiger partial charge is 0.558 e. The minimum atomic E-state index is -3.78. The van der Waals surface area contributed by atoms with Crippen molar-refractivity contribution in [1.29, 1.82) is 0 Å². The molecule has 2 rings (SSSR count). The van der Waals surface area contributed by atoms with Crippen LogP contribution < -0.4 is 16.4 Å². The van der Waals surface area contributed by atoms with E-state index in [1.807, 2.05) is 30.3 Å². The van der Waals surface area contributed by atoms with E-state index in [9.17, 15) is 29.5 Å². The van der Waals surface area contributed by atoms with Crippen molar-refractivity contribution in [3.05, 3.63) is 35.9 Å². The Labute approximate surface area is 188 Å². The number of hydrogen-bond acceptors (Lipinski definition) is 7. The molecule has 1 fully saturated rings. The molecule has 10 nitrogen and oxygen atoms in total. The van der Waals surface area contributed by atoms with Gasteiger partial charge in [-0.15, -0.1) is 0 Å². The summed E-state index contributed by atoms with van der Waals surface area (Å²) in [6.45, 7) is -1.71. The normalized spacial score (nSPS) is 18.2. The summed E-state index contributed by atoms with van der Waals surface area (Å²) in [4.78, 5) is 39.3. The minimum Gasteiger partial charge on any atom is -0.558 e. The smallest absolute Gasteiger partial charge is 0.393 e. The van der Waals surface area contributed by atoms with Gasteiger partial charge in [-0.2, -0.15) is 0 Å². The maximum Gasteiger partial charge on any atom is 0.393 e. The number of benzene rings is 1. The quantitative estimate of drug-likeness (QED) is 0.182. The first-order valence-corrected chi connectivity index (χ1v) is 11.1. The second kappa shape index (κ2) is 12.0. The SMILES string of the molecule is CC(=O)N[C@H](Cc1ccccc1)C(=O)N1CCC[C@H]1C(=O)N[C@@H](CCCCN)[B-](O)(O)O. The maximum absolute atomic E-state index is 13.3. The van der Waals surface area contributed by atoms with Gasteiger partial charge in [0.15, 0.2) is 0 Å². The summed E-state index contributed by atoms with van der Waals surface area (Å²) < 4.78 is 0. The van der Waals surface area contributed by atoms with Gasteiger partial charge in [0, 0.05) is 19.9 Å². The van der Waals surface area contributed by atoms with Crippen LogP contribution in [0.5, 0.6) is 0 Å². The van der Waals surface area contributed by atoms with Gasteiger partial charge in [-0.1, -0.05) is 43.2 Å². The van der Waals surface area contributed by atoms with Gasteiger partial charge < -0.3 is 36.3 Å². The third-order valence-corrected chi connectivity index (χ3v) is 5.63. The van der Waals surface area contributed by atoms with Gasteiger partial charge in [-0.25, -0.2) is 0 Å². The summed E-state index contributed by atoms with van der Waals surface area (Å²) in [5.74, 6) is -2.57. The van der Waals surface area contributed by atoms with Crippen LogP contribution in [0.2, 0.25) is 0 Å². The number of hydrogen-bond donors (Lipinski definition) is 6. The predicted octanol–water partition coefficient (Wildman–Crippen LogP) is -1.21. The average molecular weight is 449 g/mol. The van der Waals surface area contributed by atoms with Crippen molar-refractivity contribution in [2.75, 3.05) is 13.1 Å². The lowest BCUT2D eigenvalue weighted by molar-refractivity contribution is -0.141. The number of carbonyl (C=O) groups is 3. The third-order valence-electron chi connectivity index (χ3n) is 5.63. The minimum absolute atomic E-state index is 0.135. The standard InChI is InChI=1S/C21H34BN4O6/c1-15(27)24-17(14-16-8-3-2-4-9-16)21(29)26-13-7-10-18(26)20(28)25-19(22(30,31)32)11-5-6-12-23/h2-4,8-9,17-19,30-32H,5-7,10-14,23H2,1H3,(H,24,27)(H,25,28)/q-1/t17-,18+,19+/m1/s1. The molecule has 3 amide bonds. The van der Waals surface area contributed by atoms with Crippen LogP contribution in [0, 0.1) is 0 Å². The van der Waals surface area contributed by atoms with Gasteiger partial charge in [-0.05, 0) is 37.3 Å². The van der Waals surface area contributed by atoms with Crippen molar-refractivity contribution in [1.82, 2.24) is 15.5 Å². The topological polar surface area (TPSA) is 165 Å². The first-order valence-electron chi connectivity index (χ1n) is 11.1. The van der Waals surface area contributed by atoms with Crippen LogP contribution >= 0.6 is 0 Å². The molecular weight excluding hydrogens is 415 g/mol. The van der Waals surface area contributed by atoms with E-state index in [4.69, 9.17) is 5.73 Å². The van der Waals surface area contributed by atoms with Crippen LogP contribution in [0.4, 0.5) is 0 Å². The Morgan fingerprint density at radius 3 is 2.44 bits per heavy atom. The van der Waals surface area contributed by atoms with E-state index in [0.29, 0.717) is 38.8 Å². The Hall–Kier alpha value is -2.47. The van der Waals surface area contributed by atoms with E-state index >= 15 is 0 Å². The highest BCUT2D eigenvalue weighted by Gasteiger charge is 2.39. The molecule has 0 radical (unpaired) electrons. The van der Waals surface area contributed by atoms with Gasteiger partial charge in [-0.3, -0.25) is 14.4 Å². The zero-order valence-corrected chi connectivity index (χ0v) is 18.4. The predicted molar refractivity (Wildman–Crippen MR) is 120 cm³/mol. The lowest BCUT2D eigenvalue weighted by Crippen LogP contribution is -2.61. The highest BCUT2D eigenvalue weighted by Crippen LogP contribution is 2.21. The van der Waals surface area contributed by atoms with Crippen molar-refractivity contribution in [2.45, 2.75) is 63.5 Å². The highest BCUT2D eigenvalue weighted by atomic mass is 16.5. The van der Waals surface area contributed by atoms with E-state index < -0.39 is 30.7 Å². The molecule has 0 aliphatic carbocycles. The van der Waals surface area contributed by atoms with Gasteiger partial charge in [0.2, 0.25) is 17.7 Å². The van der Waals surface area contributed by atoms with Crippen LogP contribution in [-0.4, -0.2) is 75.6 Å². The highest BCUT2D eigenvalue weighted by molar-refractivity contribution is 6.58. The van der Waals surface area contributed by atoms with Crippen LogP contribution in [0.1, 0.15) is 44.6 Å². The summed E-state index contributed by atoms with van der Waals surface area (Å²) in [7, 11) is 0. The number of rotatable bonds is 11. The molecule has 1 saturated heterocycles. The molecule has 1 heterocycles. The molecule has 0 bridgehead atoms. The molecule has 0 aromatic heterocycles. The van der Waals surface area contributed by atoms with Crippen molar-refractivity contribution >= 4 is 24.5 Å². The van der Waals surface area contributed by atoms with Crippen molar-refractivity contribution in [2.24, 2.45) is 5.73 Å². The maximum atomic E-state index is 13.3. The van der Waals surface area contributed by atoms with E-state index in [1.165, 1.54) is 11.8 Å². The van der Waals surface area contributed by atoms with Gasteiger partial charge in [0.1, 0.15) is 12.1 Å². The Balaban J connectivity index is 2.12. The molecule has 178 valence electrons. The fraction of sp³-hybridized carbons (Fsp3) is 0.571. The molecule has 11 heteroatoms. The molecule has 1 aliphatic heterocycles. The van der Waals surface area contributed by atoms with Gasteiger partial charge in [0.05, 0.1) is 0 Å². The Kier molecular flexibility index (Phi) is 9.64. The van der Waals surface area contributed by atoms with E-state index in [0.717, 1.165) is 5.56 Å². The molecule has 0 saturated carbocycles. The third kappa shape index (κ3) is 7.59. The molecule has 0 unspecified atom stereocenters. The lowest BCUT2D eigenvalue weighted by atomic mass is 9.67. The van der Waals surface area contributed by atoms with Crippen molar-refractivity contribution < 1.29 is 29.5 Å². The van der Waals surface area contributed by atoms with Crippen LogP contribution in [0.3, 0.4) is 0 Å². The number of amides is 3. The summed E-state index contributed by atoms with van der Waals surface area (Å²) >= 11 is 0. The van der Waals surface area contributed by atoms with E-state index in [2.05, 4.69) is 10.6 Å². The van der Waals surface area contributed by atoms with Crippen LogP contribution in [-0.2, 0) is 20.8 Å². The lowest BCUT2D eigenvalue weighted by Gasteiger charge is -2.35. The molecule has 1 aliphatic rings. The van der Waals surface area contributed by atoms with Crippen LogP contribution in [0.25, 0.3) is 0 Å². The van der Waals surface area contributed by atoms with Crippen molar-refractivity contribution in [3.63, 3.8) is 0 Å². The van der Waals surface area contributed by atoms with E-state index in [1.54, 1.807) is 0 Å². The number of unbranched alkanes of at least 4 members (excludes halogenated alkanes) is 1. The monoisotopic (exact) mass is 449 g/mol. The summed E-state index contributed by atoms with van der Waals surface area (Å²) in [6.07, 6.45) is 2.49. The molecule has 3 atom stereocenters. The Morgan fingerprint density at radius 1 is 1.16 bits per heavy atom. The summed E-state index contributed by atoms with van der Waals surface area (Å²) in [5.41, 5.74) is 6.32.